The zero-order valence-electron chi connectivity index (χ0n) is 7.38. The fourth-order valence-electron chi connectivity index (χ4n) is 0.649. The Morgan fingerprint density at radius 3 is 1.70 bits per heavy atom. The molecule has 10 heavy (non-hydrogen) atoms. The van der Waals surface area contributed by atoms with E-state index in [1.165, 1.54) is 0 Å². The van der Waals surface area contributed by atoms with Crippen LogP contribution in [0, 0.1) is 0 Å². The van der Waals surface area contributed by atoms with Crippen LogP contribution >= 0.6 is 11.6 Å². The molecule has 0 aromatic carbocycles. The van der Waals surface area contributed by atoms with E-state index in [-0.39, 0.29) is 5.54 Å². The van der Waals surface area contributed by atoms with Crippen molar-refractivity contribution in [3.05, 3.63) is 10.7 Å². The van der Waals surface area contributed by atoms with Crippen molar-refractivity contribution in [1.82, 2.24) is 5.32 Å². The van der Waals surface area contributed by atoms with Gasteiger partial charge in [0, 0.05) is 16.3 Å². The Balaban J connectivity index is 4.06. The maximum atomic E-state index is 5.75. The van der Waals surface area contributed by atoms with E-state index in [9.17, 15) is 0 Å². The zero-order valence-corrected chi connectivity index (χ0v) is 8.13. The summed E-state index contributed by atoms with van der Waals surface area (Å²) in [6, 6.07) is 0. The molecule has 1 nitrogen and oxygen atoms in total. The van der Waals surface area contributed by atoms with E-state index < -0.39 is 0 Å². The summed E-state index contributed by atoms with van der Waals surface area (Å²) in [6.45, 7) is 10.2. The van der Waals surface area contributed by atoms with E-state index in [2.05, 4.69) is 26.1 Å². The Kier molecular flexibility index (Phi) is 3.23. The summed E-state index contributed by atoms with van der Waals surface area (Å²) >= 11 is 5.75. The molecule has 2 heteroatoms. The third-order valence-electron chi connectivity index (χ3n) is 1.08. The van der Waals surface area contributed by atoms with Gasteiger partial charge in [-0.15, -0.1) is 0 Å². The summed E-state index contributed by atoms with van der Waals surface area (Å²) in [4.78, 5) is 0. The molecule has 60 valence electrons. The highest BCUT2D eigenvalue weighted by Gasteiger charge is 2.08. The van der Waals surface area contributed by atoms with E-state index in [1.54, 1.807) is 0 Å². The van der Waals surface area contributed by atoms with E-state index in [1.807, 2.05) is 13.8 Å². The molecule has 0 aliphatic carbocycles. The summed E-state index contributed by atoms with van der Waals surface area (Å²) in [7, 11) is 0. The van der Waals surface area contributed by atoms with Gasteiger partial charge >= 0.3 is 0 Å². The Bertz CT molecular complexity index is 138. The minimum absolute atomic E-state index is 0.111. The molecule has 0 rings (SSSR count). The fraction of sp³-hybridized carbons (Fsp3) is 0.750. The second-order valence-electron chi connectivity index (χ2n) is 3.53. The molecule has 0 fully saturated rings. The van der Waals surface area contributed by atoms with Crippen molar-refractivity contribution >= 4 is 11.6 Å². The van der Waals surface area contributed by atoms with Crippen LogP contribution in [-0.2, 0) is 0 Å². The minimum atomic E-state index is 0.111. The molecule has 0 aromatic heterocycles. The molecule has 0 unspecified atom stereocenters. The highest BCUT2D eigenvalue weighted by atomic mass is 35.5. The molecule has 0 aromatic rings. The maximum absolute atomic E-state index is 5.75. The zero-order chi connectivity index (χ0) is 8.36. The molecule has 0 aliphatic heterocycles. The van der Waals surface area contributed by atoms with Gasteiger partial charge < -0.3 is 5.32 Å². The molecule has 0 atom stereocenters. The van der Waals surface area contributed by atoms with Gasteiger partial charge in [0.1, 0.15) is 0 Å². The van der Waals surface area contributed by atoms with Crippen LogP contribution in [0.4, 0.5) is 0 Å². The largest absolute Gasteiger partial charge is 0.383 e. The standard InChI is InChI=1S/C8H16ClN/c1-6(9)7(2)10-8(3,4)5/h10H,1-5H3/b7-6+. The topological polar surface area (TPSA) is 12.0 Å². The minimum Gasteiger partial charge on any atom is -0.383 e. The van der Waals surface area contributed by atoms with Crippen LogP contribution in [-0.4, -0.2) is 5.54 Å². The van der Waals surface area contributed by atoms with E-state index in [0.29, 0.717) is 0 Å². The molecular weight excluding hydrogens is 146 g/mol. The summed E-state index contributed by atoms with van der Waals surface area (Å²) in [5, 5.41) is 4.09. The SMILES string of the molecule is C/C(Cl)=C(/C)NC(C)(C)C. The predicted octanol–water partition coefficient (Wildman–Crippen LogP) is 2.86. The summed E-state index contributed by atoms with van der Waals surface area (Å²) in [6.07, 6.45) is 0. The summed E-state index contributed by atoms with van der Waals surface area (Å²) < 4.78 is 0. The second kappa shape index (κ2) is 3.29. The van der Waals surface area contributed by atoms with Gasteiger partial charge in [0.25, 0.3) is 0 Å². The lowest BCUT2D eigenvalue weighted by molar-refractivity contribution is 0.472. The van der Waals surface area contributed by atoms with Crippen LogP contribution in [0.3, 0.4) is 0 Å². The Labute approximate surface area is 68.5 Å². The third kappa shape index (κ3) is 4.68. The normalized spacial score (nSPS) is 14.6. The van der Waals surface area contributed by atoms with E-state index in [4.69, 9.17) is 11.6 Å². The molecule has 0 spiro atoms. The number of nitrogens with one attached hydrogen (secondary N) is 1. The molecule has 0 saturated heterocycles. The lowest BCUT2D eigenvalue weighted by Gasteiger charge is -2.22. The third-order valence-corrected chi connectivity index (χ3v) is 1.36. The smallest absolute Gasteiger partial charge is 0.0336 e. The quantitative estimate of drug-likeness (QED) is 0.624. The maximum Gasteiger partial charge on any atom is 0.0336 e. The van der Waals surface area contributed by atoms with E-state index >= 15 is 0 Å². The van der Waals surface area contributed by atoms with Gasteiger partial charge in [-0.05, 0) is 34.6 Å². The summed E-state index contributed by atoms with van der Waals surface area (Å²) in [5.41, 5.74) is 1.16. The van der Waals surface area contributed by atoms with Gasteiger partial charge in [-0.1, -0.05) is 11.6 Å². The first kappa shape index (κ1) is 9.83. The van der Waals surface area contributed by atoms with Crippen LogP contribution in [0.1, 0.15) is 34.6 Å². The molecule has 1 N–H and O–H groups in total. The summed E-state index contributed by atoms with van der Waals surface area (Å²) in [5.74, 6) is 0. The van der Waals surface area contributed by atoms with Gasteiger partial charge in [0.15, 0.2) is 0 Å². The first-order valence-electron chi connectivity index (χ1n) is 3.44. The molecule has 0 aliphatic rings. The van der Waals surface area contributed by atoms with Crippen molar-refractivity contribution < 1.29 is 0 Å². The van der Waals surface area contributed by atoms with Gasteiger partial charge in [-0.3, -0.25) is 0 Å². The number of hydrogen-bond acceptors (Lipinski definition) is 1. The lowest BCUT2D eigenvalue weighted by Crippen LogP contribution is -2.34. The average molecular weight is 162 g/mol. The highest BCUT2D eigenvalue weighted by molar-refractivity contribution is 6.29. The lowest BCUT2D eigenvalue weighted by atomic mass is 10.1. The highest BCUT2D eigenvalue weighted by Crippen LogP contribution is 2.09. The molecule has 0 bridgehead atoms. The van der Waals surface area contributed by atoms with Gasteiger partial charge in [0.05, 0.1) is 0 Å². The first-order valence-corrected chi connectivity index (χ1v) is 3.82. The second-order valence-corrected chi connectivity index (χ2v) is 4.10. The van der Waals surface area contributed by atoms with Gasteiger partial charge in [-0.2, -0.15) is 0 Å². The fourth-order valence-corrected chi connectivity index (χ4v) is 0.696. The Morgan fingerprint density at radius 2 is 1.60 bits per heavy atom. The van der Waals surface area contributed by atoms with Crippen LogP contribution in [0.5, 0.6) is 0 Å². The number of allylic oxidation sites excluding steroid dienone is 2. The molecule has 0 radical (unpaired) electrons. The van der Waals surface area contributed by atoms with Crippen LogP contribution in [0.2, 0.25) is 0 Å². The number of halogens is 1. The Hall–Kier alpha value is -0.170. The monoisotopic (exact) mass is 161 g/mol. The van der Waals surface area contributed by atoms with Crippen molar-refractivity contribution in [1.29, 1.82) is 0 Å². The van der Waals surface area contributed by atoms with Crippen molar-refractivity contribution in [3.8, 4) is 0 Å². The van der Waals surface area contributed by atoms with Crippen LogP contribution in [0.15, 0.2) is 10.7 Å². The van der Waals surface area contributed by atoms with Gasteiger partial charge in [0.2, 0.25) is 0 Å². The average Bonchev–Trinajstić information content (AvgIpc) is 1.60. The van der Waals surface area contributed by atoms with Gasteiger partial charge in [-0.25, -0.2) is 0 Å². The van der Waals surface area contributed by atoms with Crippen molar-refractivity contribution in [3.63, 3.8) is 0 Å². The first-order chi connectivity index (χ1) is 4.33. The molecule has 0 heterocycles. The number of hydrogen-bond donors (Lipinski definition) is 1. The molecular formula is C8H16ClN. The van der Waals surface area contributed by atoms with E-state index in [0.717, 1.165) is 10.7 Å². The van der Waals surface area contributed by atoms with Crippen molar-refractivity contribution in [2.75, 3.05) is 0 Å². The number of rotatable bonds is 1. The van der Waals surface area contributed by atoms with Crippen molar-refractivity contribution in [2.24, 2.45) is 0 Å². The van der Waals surface area contributed by atoms with Crippen LogP contribution < -0.4 is 5.32 Å². The Morgan fingerprint density at radius 1 is 1.20 bits per heavy atom. The molecule has 0 amide bonds. The van der Waals surface area contributed by atoms with Crippen LogP contribution in [0.25, 0.3) is 0 Å². The molecule has 0 saturated carbocycles. The predicted molar refractivity (Wildman–Crippen MR) is 47.1 cm³/mol. The van der Waals surface area contributed by atoms with Crippen molar-refractivity contribution in [2.45, 2.75) is 40.2 Å².